The molecule has 62 valence electrons. The van der Waals surface area contributed by atoms with Crippen LogP contribution in [-0.2, 0) is 0 Å². The highest BCUT2D eigenvalue weighted by atomic mass is 15.1. The van der Waals surface area contributed by atoms with Crippen LogP contribution in [0.2, 0.25) is 0 Å². The van der Waals surface area contributed by atoms with E-state index in [0.29, 0.717) is 5.41 Å². The minimum absolute atomic E-state index is 0.691. The molecule has 3 aliphatic carbocycles. The maximum atomic E-state index is 2.51. The average Bonchev–Trinajstić information content (AvgIpc) is 2.63. The van der Waals surface area contributed by atoms with Crippen LogP contribution in [0.1, 0.15) is 34.6 Å². The standard InChI is InChI=1S/C11H18/c1-6-7(2)11-8(6)10(11,5)9(11,3)4/h6-8H,1-5H3. The fourth-order valence-electron chi connectivity index (χ4n) is 5.44. The van der Waals surface area contributed by atoms with Gasteiger partial charge in [0.2, 0.25) is 0 Å². The molecular weight excluding hydrogens is 132 g/mol. The van der Waals surface area contributed by atoms with Crippen LogP contribution in [0.4, 0.5) is 0 Å². The predicted octanol–water partition coefficient (Wildman–Crippen LogP) is 2.93. The van der Waals surface area contributed by atoms with E-state index in [0.717, 1.165) is 28.6 Å². The molecule has 5 atom stereocenters. The minimum atomic E-state index is 0.691. The second-order valence-corrected chi connectivity index (χ2v) is 5.82. The monoisotopic (exact) mass is 150 g/mol. The van der Waals surface area contributed by atoms with Gasteiger partial charge in [0.25, 0.3) is 0 Å². The van der Waals surface area contributed by atoms with Crippen molar-refractivity contribution >= 4 is 0 Å². The molecule has 1 spiro atoms. The zero-order valence-corrected chi connectivity index (χ0v) is 8.23. The number of rotatable bonds is 0. The fourth-order valence-corrected chi connectivity index (χ4v) is 5.44. The summed E-state index contributed by atoms with van der Waals surface area (Å²) in [5.41, 5.74) is 2.27. The van der Waals surface area contributed by atoms with Crippen LogP contribution < -0.4 is 0 Å². The summed E-state index contributed by atoms with van der Waals surface area (Å²) in [6.07, 6.45) is 0. The third-order valence-corrected chi connectivity index (χ3v) is 6.19. The first-order chi connectivity index (χ1) is 4.94. The Labute approximate surface area is 69.4 Å². The normalized spacial score (nSPS) is 74.5. The second kappa shape index (κ2) is 1.11. The highest BCUT2D eigenvalue weighted by molar-refractivity contribution is 5.52. The summed E-state index contributed by atoms with van der Waals surface area (Å²) in [6, 6.07) is 0. The van der Waals surface area contributed by atoms with Crippen LogP contribution in [0.15, 0.2) is 0 Å². The molecule has 11 heavy (non-hydrogen) atoms. The summed E-state index contributed by atoms with van der Waals surface area (Å²) in [4.78, 5) is 0. The van der Waals surface area contributed by atoms with Gasteiger partial charge in [0.05, 0.1) is 0 Å². The van der Waals surface area contributed by atoms with Gasteiger partial charge in [-0.15, -0.1) is 0 Å². The summed E-state index contributed by atoms with van der Waals surface area (Å²) < 4.78 is 0. The quantitative estimate of drug-likeness (QED) is 0.498. The molecule has 5 unspecified atom stereocenters. The van der Waals surface area contributed by atoms with Crippen LogP contribution in [0.3, 0.4) is 0 Å². The first kappa shape index (κ1) is 6.51. The molecule has 0 N–H and O–H groups in total. The van der Waals surface area contributed by atoms with Gasteiger partial charge in [0.1, 0.15) is 0 Å². The highest BCUT2D eigenvalue weighted by Gasteiger charge is 3.05. The number of fused-ring (bicyclic) bond motifs is 1. The van der Waals surface area contributed by atoms with Crippen LogP contribution in [0.25, 0.3) is 0 Å². The smallest absolute Gasteiger partial charge is 0.0114 e. The third kappa shape index (κ3) is 0.267. The molecule has 0 saturated heterocycles. The van der Waals surface area contributed by atoms with Gasteiger partial charge in [-0.2, -0.15) is 0 Å². The highest BCUT2D eigenvalue weighted by Crippen LogP contribution is 3.09. The van der Waals surface area contributed by atoms with Crippen molar-refractivity contribution in [3.63, 3.8) is 0 Å². The summed E-state index contributed by atoms with van der Waals surface area (Å²) in [6.45, 7) is 12.3. The van der Waals surface area contributed by atoms with E-state index in [4.69, 9.17) is 0 Å². The Morgan fingerprint density at radius 2 is 1.55 bits per heavy atom. The molecule has 0 heteroatoms. The van der Waals surface area contributed by atoms with E-state index in [9.17, 15) is 0 Å². The lowest BCUT2D eigenvalue weighted by atomic mass is 9.58. The van der Waals surface area contributed by atoms with Crippen molar-refractivity contribution in [3.8, 4) is 0 Å². The maximum Gasteiger partial charge on any atom is -0.0114 e. The van der Waals surface area contributed by atoms with Crippen LogP contribution in [-0.4, -0.2) is 0 Å². The first-order valence-electron chi connectivity index (χ1n) is 4.94. The molecule has 0 radical (unpaired) electrons. The van der Waals surface area contributed by atoms with Gasteiger partial charge in [-0.3, -0.25) is 0 Å². The van der Waals surface area contributed by atoms with E-state index in [2.05, 4.69) is 34.6 Å². The van der Waals surface area contributed by atoms with Gasteiger partial charge in [-0.1, -0.05) is 34.6 Å². The molecule has 3 aliphatic rings. The van der Waals surface area contributed by atoms with E-state index < -0.39 is 0 Å². The summed E-state index contributed by atoms with van der Waals surface area (Å²) >= 11 is 0. The average molecular weight is 150 g/mol. The summed E-state index contributed by atoms with van der Waals surface area (Å²) in [7, 11) is 0. The lowest BCUT2D eigenvalue weighted by Gasteiger charge is -2.46. The van der Waals surface area contributed by atoms with Crippen LogP contribution >= 0.6 is 0 Å². The van der Waals surface area contributed by atoms with Gasteiger partial charge in [-0.05, 0) is 34.0 Å². The molecule has 0 aromatic carbocycles. The van der Waals surface area contributed by atoms with E-state index in [1.807, 2.05) is 0 Å². The Hall–Kier alpha value is 0. The zero-order chi connectivity index (χ0) is 8.23. The molecule has 3 saturated carbocycles. The first-order valence-corrected chi connectivity index (χ1v) is 4.94. The lowest BCUT2D eigenvalue weighted by Crippen LogP contribution is -2.41. The summed E-state index contributed by atoms with van der Waals surface area (Å²) in [5, 5.41) is 0. The second-order valence-electron chi connectivity index (χ2n) is 5.82. The molecule has 0 aliphatic heterocycles. The molecule has 3 fully saturated rings. The molecule has 0 aromatic heterocycles. The predicted molar refractivity (Wildman–Crippen MR) is 46.1 cm³/mol. The molecule has 3 rings (SSSR count). The van der Waals surface area contributed by atoms with Crippen molar-refractivity contribution in [2.45, 2.75) is 34.6 Å². The van der Waals surface area contributed by atoms with Crippen molar-refractivity contribution in [2.75, 3.05) is 0 Å². The largest absolute Gasteiger partial charge is 0.0619 e. The molecule has 0 heterocycles. The molecule has 0 amide bonds. The SMILES string of the molecule is CC1C(C)C23C1C2(C)C3(C)C. The van der Waals surface area contributed by atoms with Crippen LogP contribution in [0, 0.1) is 34.0 Å². The lowest BCUT2D eigenvalue weighted by molar-refractivity contribution is 0.0116. The van der Waals surface area contributed by atoms with Crippen molar-refractivity contribution in [1.29, 1.82) is 0 Å². The number of hydrogen-bond donors (Lipinski definition) is 0. The Bertz CT molecular complexity index is 245. The molecule has 0 bridgehead atoms. The van der Waals surface area contributed by atoms with Crippen molar-refractivity contribution in [1.82, 2.24) is 0 Å². The molecular formula is C11H18. The fraction of sp³-hybridized carbons (Fsp3) is 1.00. The van der Waals surface area contributed by atoms with Gasteiger partial charge in [0.15, 0.2) is 0 Å². The van der Waals surface area contributed by atoms with Crippen molar-refractivity contribution < 1.29 is 0 Å². The maximum absolute atomic E-state index is 2.51. The third-order valence-electron chi connectivity index (χ3n) is 6.19. The van der Waals surface area contributed by atoms with E-state index in [1.165, 1.54) is 0 Å². The summed E-state index contributed by atoms with van der Waals surface area (Å²) in [5.74, 6) is 3.14. The Balaban J connectivity index is 2.03. The van der Waals surface area contributed by atoms with Crippen molar-refractivity contribution in [3.05, 3.63) is 0 Å². The Morgan fingerprint density at radius 1 is 1.00 bits per heavy atom. The van der Waals surface area contributed by atoms with Crippen molar-refractivity contribution in [2.24, 2.45) is 34.0 Å². The van der Waals surface area contributed by atoms with Gasteiger partial charge in [-0.25, -0.2) is 0 Å². The Morgan fingerprint density at radius 3 is 1.73 bits per heavy atom. The van der Waals surface area contributed by atoms with E-state index in [-0.39, 0.29) is 0 Å². The van der Waals surface area contributed by atoms with Crippen LogP contribution in [0.5, 0.6) is 0 Å². The minimum Gasteiger partial charge on any atom is -0.0619 e. The molecule has 0 nitrogen and oxygen atoms in total. The van der Waals surface area contributed by atoms with Gasteiger partial charge >= 0.3 is 0 Å². The van der Waals surface area contributed by atoms with E-state index in [1.54, 1.807) is 0 Å². The topological polar surface area (TPSA) is 0 Å². The Kier molecular flexibility index (Phi) is 0.657. The molecule has 0 aromatic rings. The number of hydrogen-bond acceptors (Lipinski definition) is 0. The zero-order valence-electron chi connectivity index (χ0n) is 8.23. The van der Waals surface area contributed by atoms with E-state index >= 15 is 0 Å². The van der Waals surface area contributed by atoms with Gasteiger partial charge in [0, 0.05) is 0 Å². The van der Waals surface area contributed by atoms with Gasteiger partial charge < -0.3 is 0 Å².